The summed E-state index contributed by atoms with van der Waals surface area (Å²) in [7, 11) is 0. The molecule has 0 fully saturated rings. The summed E-state index contributed by atoms with van der Waals surface area (Å²) in [5, 5.41) is 0. The van der Waals surface area contributed by atoms with Gasteiger partial charge in [-0.25, -0.2) is 0 Å². The second-order valence-electron chi connectivity index (χ2n) is 4.15. The number of pyridine rings is 1. The van der Waals surface area contributed by atoms with E-state index in [0.717, 1.165) is 30.7 Å². The van der Waals surface area contributed by atoms with Crippen molar-refractivity contribution in [3.8, 4) is 5.75 Å². The lowest BCUT2D eigenvalue weighted by Gasteiger charge is -2.14. The highest BCUT2D eigenvalue weighted by Crippen LogP contribution is 2.17. The van der Waals surface area contributed by atoms with E-state index in [1.54, 1.807) is 6.20 Å². The first-order valence-electron chi connectivity index (χ1n) is 6.05. The Kier molecular flexibility index (Phi) is 5.26. The lowest BCUT2D eigenvalue weighted by atomic mass is 10.1. The van der Waals surface area contributed by atoms with Crippen LogP contribution in [0.25, 0.3) is 0 Å². The summed E-state index contributed by atoms with van der Waals surface area (Å²) in [4.78, 5) is 4.31. The highest BCUT2D eigenvalue weighted by molar-refractivity contribution is 5.21. The fraction of sp³-hybridized carbons (Fsp3) is 0.615. The van der Waals surface area contributed by atoms with Gasteiger partial charge in [0.05, 0.1) is 18.0 Å². The summed E-state index contributed by atoms with van der Waals surface area (Å²) in [5.74, 6) is 0.827. The van der Waals surface area contributed by atoms with Crippen LogP contribution in [0, 0.1) is 0 Å². The van der Waals surface area contributed by atoms with Gasteiger partial charge in [-0.05, 0) is 31.9 Å². The van der Waals surface area contributed by atoms with Gasteiger partial charge in [0, 0.05) is 6.04 Å². The number of nitrogens with two attached hydrogens (primary N) is 1. The van der Waals surface area contributed by atoms with Gasteiger partial charge < -0.3 is 10.5 Å². The van der Waals surface area contributed by atoms with Crippen LogP contribution in [-0.4, -0.2) is 11.1 Å². The molecular weight excluding hydrogens is 200 g/mol. The van der Waals surface area contributed by atoms with E-state index >= 15 is 0 Å². The Labute approximate surface area is 98.0 Å². The minimum atomic E-state index is 0.0297. The van der Waals surface area contributed by atoms with Gasteiger partial charge in [-0.3, -0.25) is 4.98 Å². The Bertz CT molecular complexity index is 297. The lowest BCUT2D eigenvalue weighted by molar-refractivity contribution is 0.209. The molecular formula is C13H22N2O. The summed E-state index contributed by atoms with van der Waals surface area (Å²) in [6.45, 7) is 6.29. The summed E-state index contributed by atoms with van der Waals surface area (Å²) in [5.41, 5.74) is 6.82. The van der Waals surface area contributed by atoms with Gasteiger partial charge in [0.2, 0.25) is 0 Å². The fourth-order valence-electron chi connectivity index (χ4n) is 1.59. The second-order valence-corrected chi connectivity index (χ2v) is 4.15. The monoisotopic (exact) mass is 222 g/mol. The van der Waals surface area contributed by atoms with Crippen LogP contribution in [0.4, 0.5) is 0 Å². The predicted molar refractivity (Wildman–Crippen MR) is 66.5 cm³/mol. The highest BCUT2D eigenvalue weighted by atomic mass is 16.5. The maximum absolute atomic E-state index is 5.89. The largest absolute Gasteiger partial charge is 0.489 e. The van der Waals surface area contributed by atoms with Crippen molar-refractivity contribution in [2.24, 2.45) is 5.73 Å². The molecule has 90 valence electrons. The topological polar surface area (TPSA) is 48.1 Å². The average Bonchev–Trinajstić information content (AvgIpc) is 2.29. The van der Waals surface area contributed by atoms with Crippen LogP contribution >= 0.6 is 0 Å². The molecule has 1 rings (SSSR count). The molecule has 0 aliphatic heterocycles. The molecule has 3 heteroatoms. The Morgan fingerprint density at radius 1 is 1.38 bits per heavy atom. The number of hydrogen-bond acceptors (Lipinski definition) is 3. The molecule has 0 aliphatic rings. The zero-order valence-corrected chi connectivity index (χ0v) is 10.4. The molecule has 16 heavy (non-hydrogen) atoms. The number of rotatable bonds is 6. The molecule has 0 saturated heterocycles. The first-order valence-corrected chi connectivity index (χ1v) is 6.05. The molecule has 0 bridgehead atoms. The van der Waals surface area contributed by atoms with Crippen LogP contribution in [0.15, 0.2) is 18.3 Å². The smallest absolute Gasteiger partial charge is 0.138 e. The zero-order valence-electron chi connectivity index (χ0n) is 10.4. The molecule has 2 atom stereocenters. The van der Waals surface area contributed by atoms with Crippen LogP contribution in [-0.2, 0) is 0 Å². The van der Waals surface area contributed by atoms with Gasteiger partial charge in [0.25, 0.3) is 0 Å². The normalized spacial score (nSPS) is 14.5. The number of hydrogen-bond donors (Lipinski definition) is 1. The summed E-state index contributed by atoms with van der Waals surface area (Å²) < 4.78 is 5.72. The van der Waals surface area contributed by atoms with E-state index in [1.807, 2.05) is 12.1 Å². The molecule has 3 nitrogen and oxygen atoms in total. The Hall–Kier alpha value is -1.09. The van der Waals surface area contributed by atoms with E-state index in [2.05, 4.69) is 25.8 Å². The van der Waals surface area contributed by atoms with Crippen LogP contribution in [0.5, 0.6) is 5.75 Å². The van der Waals surface area contributed by atoms with E-state index in [0.29, 0.717) is 0 Å². The maximum Gasteiger partial charge on any atom is 0.138 e. The molecule has 0 radical (unpaired) electrons. The quantitative estimate of drug-likeness (QED) is 0.804. The molecule has 0 amide bonds. The van der Waals surface area contributed by atoms with Gasteiger partial charge in [0.15, 0.2) is 0 Å². The van der Waals surface area contributed by atoms with Crippen molar-refractivity contribution < 1.29 is 4.74 Å². The number of ether oxygens (including phenoxy) is 1. The maximum atomic E-state index is 5.89. The molecule has 0 aliphatic carbocycles. The molecule has 1 aromatic heterocycles. The Balaban J connectivity index is 2.57. The van der Waals surface area contributed by atoms with Gasteiger partial charge in [-0.1, -0.05) is 20.3 Å². The van der Waals surface area contributed by atoms with Crippen molar-refractivity contribution in [1.29, 1.82) is 0 Å². The zero-order chi connectivity index (χ0) is 12.0. The third-order valence-corrected chi connectivity index (χ3v) is 2.61. The van der Waals surface area contributed by atoms with E-state index in [9.17, 15) is 0 Å². The third kappa shape index (κ3) is 3.81. The number of nitrogens with zero attached hydrogens (tertiary/aromatic N) is 1. The van der Waals surface area contributed by atoms with Crippen molar-refractivity contribution in [3.63, 3.8) is 0 Å². The van der Waals surface area contributed by atoms with Gasteiger partial charge in [0.1, 0.15) is 5.75 Å². The third-order valence-electron chi connectivity index (χ3n) is 2.61. The van der Waals surface area contributed by atoms with Gasteiger partial charge in [-0.2, -0.15) is 0 Å². The van der Waals surface area contributed by atoms with Gasteiger partial charge in [-0.15, -0.1) is 0 Å². The van der Waals surface area contributed by atoms with Crippen molar-refractivity contribution >= 4 is 0 Å². The summed E-state index contributed by atoms with van der Waals surface area (Å²) >= 11 is 0. The molecule has 1 aromatic rings. The van der Waals surface area contributed by atoms with Crippen molar-refractivity contribution in [2.45, 2.75) is 52.2 Å². The summed E-state index contributed by atoms with van der Waals surface area (Å²) in [6, 6.07) is 3.92. The SMILES string of the molecule is CCCC(C)Oc1ccc(C(N)CC)nc1. The van der Waals surface area contributed by atoms with Crippen molar-refractivity contribution in [3.05, 3.63) is 24.0 Å². The highest BCUT2D eigenvalue weighted by Gasteiger charge is 2.06. The molecule has 2 unspecified atom stereocenters. The first kappa shape index (κ1) is 13.0. The second kappa shape index (κ2) is 6.48. The molecule has 1 heterocycles. The van der Waals surface area contributed by atoms with Crippen LogP contribution in [0.2, 0.25) is 0 Å². The standard InChI is InChI=1S/C13H22N2O/c1-4-6-10(3)16-11-7-8-13(15-9-11)12(14)5-2/h7-10,12H,4-6,14H2,1-3H3. The fourth-order valence-corrected chi connectivity index (χ4v) is 1.59. The van der Waals surface area contributed by atoms with E-state index < -0.39 is 0 Å². The van der Waals surface area contributed by atoms with Gasteiger partial charge >= 0.3 is 0 Å². The molecule has 0 aromatic carbocycles. The Morgan fingerprint density at radius 2 is 2.12 bits per heavy atom. The molecule has 0 saturated carbocycles. The minimum absolute atomic E-state index is 0.0297. The van der Waals surface area contributed by atoms with E-state index in [1.165, 1.54) is 0 Å². The number of aromatic nitrogens is 1. The molecule has 0 spiro atoms. The van der Waals surface area contributed by atoms with Crippen molar-refractivity contribution in [2.75, 3.05) is 0 Å². The van der Waals surface area contributed by atoms with E-state index in [-0.39, 0.29) is 12.1 Å². The summed E-state index contributed by atoms with van der Waals surface area (Å²) in [6.07, 6.45) is 5.11. The average molecular weight is 222 g/mol. The Morgan fingerprint density at radius 3 is 2.62 bits per heavy atom. The van der Waals surface area contributed by atoms with E-state index in [4.69, 9.17) is 10.5 Å². The lowest BCUT2D eigenvalue weighted by Crippen LogP contribution is -2.13. The van der Waals surface area contributed by atoms with Crippen LogP contribution in [0.1, 0.15) is 51.8 Å². The minimum Gasteiger partial charge on any atom is -0.489 e. The van der Waals surface area contributed by atoms with Crippen LogP contribution in [0.3, 0.4) is 0 Å². The predicted octanol–water partition coefficient (Wildman–Crippen LogP) is 3.06. The van der Waals surface area contributed by atoms with Crippen molar-refractivity contribution in [1.82, 2.24) is 4.98 Å². The first-order chi connectivity index (χ1) is 7.67. The molecule has 2 N–H and O–H groups in total. The van der Waals surface area contributed by atoms with Crippen LogP contribution < -0.4 is 10.5 Å².